The number of carbonyl (C=O) groups excluding carboxylic acids is 1. The van der Waals surface area contributed by atoms with E-state index in [9.17, 15) is 4.79 Å². The largest absolute Gasteiger partial charge is 0.332 e. The first-order valence-electron chi connectivity index (χ1n) is 11.1. The van der Waals surface area contributed by atoms with E-state index >= 15 is 0 Å². The molecule has 2 aliphatic heterocycles. The zero-order chi connectivity index (χ0) is 22.9. The van der Waals surface area contributed by atoms with Crippen molar-refractivity contribution in [1.29, 1.82) is 0 Å². The fourth-order valence-electron chi connectivity index (χ4n) is 4.34. The van der Waals surface area contributed by atoms with Gasteiger partial charge in [0.25, 0.3) is 11.8 Å². The molecule has 0 saturated carbocycles. The van der Waals surface area contributed by atoms with Crippen LogP contribution in [0.5, 0.6) is 0 Å². The third-order valence-electron chi connectivity index (χ3n) is 6.10. The van der Waals surface area contributed by atoms with Gasteiger partial charge in [-0.25, -0.2) is 4.98 Å². The van der Waals surface area contributed by atoms with Crippen molar-refractivity contribution in [2.45, 2.75) is 32.9 Å². The summed E-state index contributed by atoms with van der Waals surface area (Å²) in [7, 11) is 0. The van der Waals surface area contributed by atoms with E-state index in [1.807, 2.05) is 47.6 Å². The lowest BCUT2D eigenvalue weighted by molar-refractivity contribution is 0.0461. The number of carbonyl (C=O) groups is 1. The summed E-state index contributed by atoms with van der Waals surface area (Å²) in [6, 6.07) is 5.37. The smallest absolute Gasteiger partial charge is 0.278 e. The zero-order valence-electron chi connectivity index (χ0n) is 18.6. The Morgan fingerprint density at radius 2 is 2.03 bits per heavy atom. The fraction of sp³-hybridized carbons (Fsp3) is 0.333. The predicted octanol–water partition coefficient (Wildman–Crippen LogP) is 4.43. The molecule has 1 atom stereocenters. The number of fused-ring (bicyclic) bond motifs is 5. The number of benzene rings is 1. The van der Waals surface area contributed by atoms with Crippen molar-refractivity contribution in [1.82, 2.24) is 29.5 Å². The predicted molar refractivity (Wildman–Crippen MR) is 125 cm³/mol. The second kappa shape index (κ2) is 8.96. The molecule has 1 fully saturated rings. The van der Waals surface area contributed by atoms with Gasteiger partial charge in [0.05, 0.1) is 34.6 Å². The number of imidazole rings is 1. The zero-order valence-corrected chi connectivity index (χ0v) is 19.4. The normalized spacial score (nSPS) is 17.4. The fourth-order valence-corrected chi connectivity index (χ4v) is 4.59. The number of amides is 1. The Morgan fingerprint density at radius 1 is 1.24 bits per heavy atom. The molecule has 0 radical (unpaired) electrons. The van der Waals surface area contributed by atoms with Gasteiger partial charge in [-0.1, -0.05) is 47.1 Å². The number of aromatic nitrogens is 4. The SMILES string of the molecule is C/C=C/CN(C/C=C/C)Cc1noc(-c2ncn3c2[C@@H]2CCN2C(=O)c2c(Cl)cccc2-3)n1. The summed E-state index contributed by atoms with van der Waals surface area (Å²) in [4.78, 5) is 26.5. The van der Waals surface area contributed by atoms with Crippen LogP contribution in [0.3, 0.4) is 0 Å². The number of nitrogens with zero attached hydrogens (tertiary/aromatic N) is 6. The van der Waals surface area contributed by atoms with Gasteiger partial charge in [-0.05, 0) is 32.4 Å². The molecule has 3 aromatic rings. The van der Waals surface area contributed by atoms with E-state index in [1.165, 1.54) is 0 Å². The quantitative estimate of drug-likeness (QED) is 0.481. The Kier molecular flexibility index (Phi) is 5.86. The monoisotopic (exact) mass is 464 g/mol. The minimum atomic E-state index is -0.102. The van der Waals surface area contributed by atoms with E-state index in [2.05, 4.69) is 32.2 Å². The highest BCUT2D eigenvalue weighted by Gasteiger charge is 2.43. The number of allylic oxidation sites excluding steroid dienone is 2. The highest BCUT2D eigenvalue weighted by Crippen LogP contribution is 2.44. The molecule has 0 spiro atoms. The van der Waals surface area contributed by atoms with Crippen LogP contribution >= 0.6 is 11.6 Å². The average molecular weight is 465 g/mol. The van der Waals surface area contributed by atoms with Gasteiger partial charge in [0.1, 0.15) is 6.33 Å². The Hall–Kier alpha value is -3.23. The van der Waals surface area contributed by atoms with Gasteiger partial charge in [0.15, 0.2) is 11.5 Å². The van der Waals surface area contributed by atoms with Gasteiger partial charge in [-0.2, -0.15) is 4.98 Å². The van der Waals surface area contributed by atoms with E-state index < -0.39 is 0 Å². The number of rotatable bonds is 7. The molecule has 4 heterocycles. The molecule has 5 rings (SSSR count). The minimum Gasteiger partial charge on any atom is -0.332 e. The first-order chi connectivity index (χ1) is 16.1. The van der Waals surface area contributed by atoms with Crippen molar-refractivity contribution in [3.05, 3.63) is 70.9 Å². The molecular formula is C24H25ClN6O2. The van der Waals surface area contributed by atoms with Gasteiger partial charge in [0.2, 0.25) is 0 Å². The van der Waals surface area contributed by atoms with Crippen LogP contribution in [-0.4, -0.2) is 55.0 Å². The maximum Gasteiger partial charge on any atom is 0.278 e. The van der Waals surface area contributed by atoms with E-state index in [0.717, 1.165) is 30.9 Å². The summed E-state index contributed by atoms with van der Waals surface area (Å²) < 4.78 is 7.58. The van der Waals surface area contributed by atoms with Crippen molar-refractivity contribution in [3.8, 4) is 17.3 Å². The standard InChI is InChI=1S/C24H25ClN6O2/c1-3-5-11-29(12-6-4-2)14-19-27-23(33-28-19)21-22-18-10-13-30(18)24(32)20-16(25)8-7-9-17(20)31(22)15-26-21/h3-9,15,18H,10-14H2,1-2H3/b5-3+,6-4+/t18-/m0/s1. The van der Waals surface area contributed by atoms with Crippen molar-refractivity contribution < 1.29 is 9.32 Å². The highest BCUT2D eigenvalue weighted by atomic mass is 35.5. The topological polar surface area (TPSA) is 80.3 Å². The molecule has 0 unspecified atom stereocenters. The Balaban J connectivity index is 1.50. The lowest BCUT2D eigenvalue weighted by Gasteiger charge is -2.39. The average Bonchev–Trinajstić information content (AvgIpc) is 3.40. The molecule has 170 valence electrons. The third kappa shape index (κ3) is 3.79. The third-order valence-corrected chi connectivity index (χ3v) is 6.41. The molecule has 1 saturated heterocycles. The van der Waals surface area contributed by atoms with Crippen molar-refractivity contribution in [2.24, 2.45) is 0 Å². The summed E-state index contributed by atoms with van der Waals surface area (Å²) in [5.41, 5.74) is 2.71. The summed E-state index contributed by atoms with van der Waals surface area (Å²) in [6.07, 6.45) is 10.8. The Morgan fingerprint density at radius 3 is 2.73 bits per heavy atom. The Labute approximate surface area is 197 Å². The summed E-state index contributed by atoms with van der Waals surface area (Å²) in [6.45, 7) is 6.83. The summed E-state index contributed by atoms with van der Waals surface area (Å²) in [5, 5.41) is 4.65. The molecule has 1 aromatic carbocycles. The molecule has 2 aromatic heterocycles. The highest BCUT2D eigenvalue weighted by molar-refractivity contribution is 6.34. The second-order valence-electron chi connectivity index (χ2n) is 8.13. The van der Waals surface area contributed by atoms with Crippen molar-refractivity contribution in [2.75, 3.05) is 19.6 Å². The molecule has 0 bridgehead atoms. The van der Waals surface area contributed by atoms with Crippen LogP contribution in [0.4, 0.5) is 0 Å². The van der Waals surface area contributed by atoms with E-state index in [4.69, 9.17) is 16.1 Å². The number of hydrogen-bond donors (Lipinski definition) is 0. The first-order valence-corrected chi connectivity index (χ1v) is 11.4. The maximum atomic E-state index is 13.2. The molecule has 0 N–H and O–H groups in total. The van der Waals surface area contributed by atoms with Crippen LogP contribution in [0.25, 0.3) is 17.3 Å². The van der Waals surface area contributed by atoms with Gasteiger partial charge in [-0.3, -0.25) is 14.3 Å². The molecule has 2 aliphatic rings. The maximum absolute atomic E-state index is 13.2. The molecule has 33 heavy (non-hydrogen) atoms. The molecule has 9 heteroatoms. The van der Waals surface area contributed by atoms with Gasteiger partial charge < -0.3 is 9.42 Å². The number of hydrogen-bond acceptors (Lipinski definition) is 6. The van der Waals surface area contributed by atoms with E-state index in [0.29, 0.717) is 41.1 Å². The number of halogens is 1. The molecule has 8 nitrogen and oxygen atoms in total. The van der Waals surface area contributed by atoms with Gasteiger partial charge >= 0.3 is 0 Å². The van der Waals surface area contributed by atoms with Crippen LogP contribution in [0.15, 0.2) is 53.4 Å². The lowest BCUT2D eigenvalue weighted by atomic mass is 9.97. The summed E-state index contributed by atoms with van der Waals surface area (Å²) >= 11 is 6.42. The Bertz CT molecular complexity index is 1230. The van der Waals surface area contributed by atoms with Crippen LogP contribution in [0.1, 0.15) is 48.2 Å². The van der Waals surface area contributed by atoms with Gasteiger partial charge in [0, 0.05) is 19.6 Å². The van der Waals surface area contributed by atoms with Crippen LogP contribution in [0.2, 0.25) is 5.02 Å². The van der Waals surface area contributed by atoms with Gasteiger partial charge in [-0.15, -0.1) is 0 Å². The first kappa shape index (κ1) is 21.6. The lowest BCUT2D eigenvalue weighted by Crippen LogP contribution is -2.44. The second-order valence-corrected chi connectivity index (χ2v) is 8.54. The molecule has 0 aliphatic carbocycles. The minimum absolute atomic E-state index is 0.0590. The van der Waals surface area contributed by atoms with Crippen molar-refractivity contribution in [3.63, 3.8) is 0 Å². The van der Waals surface area contributed by atoms with E-state index in [-0.39, 0.29) is 11.9 Å². The summed E-state index contributed by atoms with van der Waals surface area (Å²) in [5.74, 6) is 0.899. The van der Waals surface area contributed by atoms with Crippen molar-refractivity contribution >= 4 is 17.5 Å². The van der Waals surface area contributed by atoms with E-state index in [1.54, 1.807) is 12.4 Å². The molecule has 1 amide bonds. The molecular weight excluding hydrogens is 440 g/mol. The van der Waals surface area contributed by atoms with Crippen LogP contribution in [0, 0.1) is 0 Å². The van der Waals surface area contributed by atoms with Crippen LogP contribution in [-0.2, 0) is 6.54 Å². The van der Waals surface area contributed by atoms with Crippen LogP contribution < -0.4 is 0 Å².